The molecule has 1 aromatic rings. The van der Waals surface area contributed by atoms with E-state index in [1.54, 1.807) is 12.1 Å². The van der Waals surface area contributed by atoms with Crippen LogP contribution in [-0.4, -0.2) is 24.0 Å². The van der Waals surface area contributed by atoms with Crippen LogP contribution in [-0.2, 0) is 0 Å². The molecule has 1 aromatic carbocycles. The van der Waals surface area contributed by atoms with Gasteiger partial charge >= 0.3 is 0 Å². The van der Waals surface area contributed by atoms with E-state index in [4.69, 9.17) is 5.73 Å². The number of benzene rings is 1. The zero-order chi connectivity index (χ0) is 13.5. The van der Waals surface area contributed by atoms with Gasteiger partial charge in [0.05, 0.1) is 0 Å². The number of rotatable bonds is 7. The predicted molar refractivity (Wildman–Crippen MR) is 74.9 cm³/mol. The number of hydrogen-bond acceptors (Lipinski definition) is 2. The third-order valence-electron chi connectivity index (χ3n) is 3.27. The topological polar surface area (TPSA) is 29.3 Å². The maximum atomic E-state index is 12.8. The smallest absolute Gasteiger partial charge is 0.123 e. The van der Waals surface area contributed by atoms with Crippen molar-refractivity contribution in [1.82, 2.24) is 4.90 Å². The molecule has 0 aromatic heterocycles. The van der Waals surface area contributed by atoms with Gasteiger partial charge in [-0.05, 0) is 50.9 Å². The summed E-state index contributed by atoms with van der Waals surface area (Å²) in [5, 5.41) is 0. The zero-order valence-corrected chi connectivity index (χ0v) is 11.7. The molecule has 0 saturated carbocycles. The fourth-order valence-electron chi connectivity index (χ4n) is 2.10. The highest BCUT2D eigenvalue weighted by Crippen LogP contribution is 2.15. The molecule has 0 aliphatic heterocycles. The number of nitrogens with two attached hydrogens (primary N) is 1. The van der Waals surface area contributed by atoms with E-state index < -0.39 is 0 Å². The summed E-state index contributed by atoms with van der Waals surface area (Å²) in [5.41, 5.74) is 7.15. The van der Waals surface area contributed by atoms with Gasteiger partial charge in [-0.2, -0.15) is 0 Å². The SMILES string of the molecule is CCCN(CCC(N)c1ccc(F)cc1)C(C)C. The first kappa shape index (κ1) is 15.1. The van der Waals surface area contributed by atoms with Crippen molar-refractivity contribution in [2.24, 2.45) is 5.73 Å². The highest BCUT2D eigenvalue weighted by molar-refractivity contribution is 5.19. The average Bonchev–Trinajstić information content (AvgIpc) is 2.34. The second-order valence-electron chi connectivity index (χ2n) is 5.08. The lowest BCUT2D eigenvalue weighted by Gasteiger charge is -2.27. The summed E-state index contributed by atoms with van der Waals surface area (Å²) in [6, 6.07) is 7.04. The second-order valence-corrected chi connectivity index (χ2v) is 5.08. The first-order valence-corrected chi connectivity index (χ1v) is 6.79. The van der Waals surface area contributed by atoms with E-state index in [2.05, 4.69) is 25.7 Å². The fourth-order valence-corrected chi connectivity index (χ4v) is 2.10. The van der Waals surface area contributed by atoms with Crippen LogP contribution in [0, 0.1) is 5.82 Å². The van der Waals surface area contributed by atoms with Gasteiger partial charge in [0, 0.05) is 18.6 Å². The Kier molecular flexibility index (Phi) is 6.30. The summed E-state index contributed by atoms with van der Waals surface area (Å²) in [5.74, 6) is -0.208. The van der Waals surface area contributed by atoms with E-state index in [1.807, 2.05) is 0 Å². The molecule has 0 heterocycles. The van der Waals surface area contributed by atoms with Crippen LogP contribution in [0.2, 0.25) is 0 Å². The van der Waals surface area contributed by atoms with E-state index in [-0.39, 0.29) is 11.9 Å². The van der Waals surface area contributed by atoms with Crippen LogP contribution in [0.1, 0.15) is 45.2 Å². The van der Waals surface area contributed by atoms with Gasteiger partial charge < -0.3 is 10.6 Å². The van der Waals surface area contributed by atoms with Crippen molar-refractivity contribution in [2.45, 2.75) is 45.7 Å². The molecule has 0 aliphatic rings. The highest BCUT2D eigenvalue weighted by atomic mass is 19.1. The summed E-state index contributed by atoms with van der Waals surface area (Å²) in [7, 11) is 0. The molecule has 1 unspecified atom stereocenters. The first-order valence-electron chi connectivity index (χ1n) is 6.79. The van der Waals surface area contributed by atoms with Gasteiger partial charge in [0.2, 0.25) is 0 Å². The molecule has 102 valence electrons. The van der Waals surface area contributed by atoms with E-state index >= 15 is 0 Å². The number of nitrogens with zero attached hydrogens (tertiary/aromatic N) is 1. The molecule has 2 N–H and O–H groups in total. The molecule has 2 nitrogen and oxygen atoms in total. The Hall–Kier alpha value is -0.930. The van der Waals surface area contributed by atoms with Gasteiger partial charge in [-0.15, -0.1) is 0 Å². The van der Waals surface area contributed by atoms with Crippen molar-refractivity contribution in [3.05, 3.63) is 35.6 Å². The van der Waals surface area contributed by atoms with Crippen molar-refractivity contribution < 1.29 is 4.39 Å². The Morgan fingerprint density at radius 2 is 1.78 bits per heavy atom. The molecule has 0 saturated heterocycles. The summed E-state index contributed by atoms with van der Waals surface area (Å²) < 4.78 is 12.8. The Bertz CT molecular complexity index is 335. The molecule has 1 rings (SSSR count). The molecular weight excluding hydrogens is 227 g/mol. The van der Waals surface area contributed by atoms with Crippen molar-refractivity contribution >= 4 is 0 Å². The molecule has 0 spiro atoms. The fraction of sp³-hybridized carbons (Fsp3) is 0.600. The summed E-state index contributed by atoms with van der Waals surface area (Å²) in [6.45, 7) is 8.70. The maximum absolute atomic E-state index is 12.8. The van der Waals surface area contributed by atoms with Gasteiger partial charge in [-0.1, -0.05) is 19.1 Å². The van der Waals surface area contributed by atoms with Gasteiger partial charge in [0.1, 0.15) is 5.82 Å². The van der Waals surface area contributed by atoms with Gasteiger partial charge in [0.25, 0.3) is 0 Å². The van der Waals surface area contributed by atoms with E-state index in [0.717, 1.165) is 31.5 Å². The van der Waals surface area contributed by atoms with Crippen molar-refractivity contribution in [1.29, 1.82) is 0 Å². The molecule has 0 fully saturated rings. The Balaban J connectivity index is 2.48. The highest BCUT2D eigenvalue weighted by Gasteiger charge is 2.11. The Labute approximate surface area is 110 Å². The van der Waals surface area contributed by atoms with Crippen LogP contribution in [0.5, 0.6) is 0 Å². The zero-order valence-electron chi connectivity index (χ0n) is 11.7. The average molecular weight is 252 g/mol. The third-order valence-corrected chi connectivity index (χ3v) is 3.27. The summed E-state index contributed by atoms with van der Waals surface area (Å²) >= 11 is 0. The lowest BCUT2D eigenvalue weighted by molar-refractivity contribution is 0.214. The Morgan fingerprint density at radius 3 is 2.28 bits per heavy atom. The molecule has 3 heteroatoms. The Morgan fingerprint density at radius 1 is 1.17 bits per heavy atom. The van der Waals surface area contributed by atoms with Gasteiger partial charge in [0.15, 0.2) is 0 Å². The van der Waals surface area contributed by atoms with Crippen molar-refractivity contribution in [2.75, 3.05) is 13.1 Å². The third kappa shape index (κ3) is 4.75. The first-order chi connectivity index (χ1) is 8.54. The number of hydrogen-bond donors (Lipinski definition) is 1. The molecule has 18 heavy (non-hydrogen) atoms. The molecule has 0 bridgehead atoms. The van der Waals surface area contributed by atoms with Crippen LogP contribution >= 0.6 is 0 Å². The van der Waals surface area contributed by atoms with Crippen LogP contribution in [0.3, 0.4) is 0 Å². The van der Waals surface area contributed by atoms with Crippen molar-refractivity contribution in [3.8, 4) is 0 Å². The van der Waals surface area contributed by atoms with Crippen LogP contribution in [0.15, 0.2) is 24.3 Å². The molecule has 0 amide bonds. The lowest BCUT2D eigenvalue weighted by atomic mass is 10.0. The van der Waals surface area contributed by atoms with Gasteiger partial charge in [-0.25, -0.2) is 4.39 Å². The standard InChI is InChI=1S/C15H25FN2/c1-4-10-18(12(2)3)11-9-15(17)13-5-7-14(16)8-6-13/h5-8,12,15H,4,9-11,17H2,1-3H3. The van der Waals surface area contributed by atoms with E-state index in [1.165, 1.54) is 12.1 Å². The van der Waals surface area contributed by atoms with Gasteiger partial charge in [-0.3, -0.25) is 0 Å². The van der Waals surface area contributed by atoms with Crippen LogP contribution < -0.4 is 5.73 Å². The quantitative estimate of drug-likeness (QED) is 0.806. The molecule has 0 radical (unpaired) electrons. The minimum atomic E-state index is -0.208. The monoisotopic (exact) mass is 252 g/mol. The lowest BCUT2D eigenvalue weighted by Crippen LogP contribution is -2.34. The van der Waals surface area contributed by atoms with E-state index in [0.29, 0.717) is 6.04 Å². The second kappa shape index (κ2) is 7.49. The van der Waals surface area contributed by atoms with Crippen molar-refractivity contribution in [3.63, 3.8) is 0 Å². The maximum Gasteiger partial charge on any atom is 0.123 e. The minimum absolute atomic E-state index is 0.0105. The van der Waals surface area contributed by atoms with E-state index in [9.17, 15) is 4.39 Å². The summed E-state index contributed by atoms with van der Waals surface area (Å²) in [6.07, 6.45) is 2.06. The minimum Gasteiger partial charge on any atom is -0.324 e. The molecular formula is C15H25FN2. The summed E-state index contributed by atoms with van der Waals surface area (Å²) in [4.78, 5) is 2.43. The predicted octanol–water partition coefficient (Wildman–Crippen LogP) is 3.34. The largest absolute Gasteiger partial charge is 0.324 e. The van der Waals surface area contributed by atoms with Crippen LogP contribution in [0.4, 0.5) is 4.39 Å². The molecule has 1 atom stereocenters. The number of halogens is 1. The normalized spacial score (nSPS) is 13.3. The molecule has 0 aliphatic carbocycles. The van der Waals surface area contributed by atoms with Crippen LogP contribution in [0.25, 0.3) is 0 Å².